The quantitative estimate of drug-likeness (QED) is 0.525. The molecule has 8 nitrogen and oxygen atoms in total. The average Bonchev–Trinajstić information content (AvgIpc) is 3.39. The Morgan fingerprint density at radius 3 is 2.37 bits per heavy atom. The van der Waals surface area contributed by atoms with Crippen molar-refractivity contribution in [3.05, 3.63) is 59.9 Å². The Balaban J connectivity index is 1.62. The highest BCUT2D eigenvalue weighted by molar-refractivity contribution is 5.80. The van der Waals surface area contributed by atoms with Gasteiger partial charge < -0.3 is 4.74 Å². The SMILES string of the molecule is CCOc1nc(Cc2ccc(-c3ccccc3-c3nnn[nH]3)cc2)n(C(C)(C)C)n1. The first-order chi connectivity index (χ1) is 14.5. The van der Waals surface area contributed by atoms with E-state index in [1.54, 1.807) is 0 Å². The molecule has 0 amide bonds. The second-order valence-corrected chi connectivity index (χ2v) is 8.00. The van der Waals surface area contributed by atoms with Crippen LogP contribution in [0.5, 0.6) is 6.01 Å². The van der Waals surface area contributed by atoms with Gasteiger partial charge in [0.15, 0.2) is 5.82 Å². The number of tetrazole rings is 1. The fourth-order valence-corrected chi connectivity index (χ4v) is 3.36. The van der Waals surface area contributed by atoms with Crippen molar-refractivity contribution in [1.29, 1.82) is 0 Å². The maximum absolute atomic E-state index is 5.52. The minimum Gasteiger partial charge on any atom is -0.463 e. The molecule has 4 aromatic rings. The Hall–Kier alpha value is -3.55. The molecular formula is C22H25N7O. The van der Waals surface area contributed by atoms with Crippen LogP contribution in [-0.4, -0.2) is 42.0 Å². The summed E-state index contributed by atoms with van der Waals surface area (Å²) < 4.78 is 7.47. The smallest absolute Gasteiger partial charge is 0.335 e. The number of nitrogens with one attached hydrogen (secondary N) is 1. The van der Waals surface area contributed by atoms with E-state index in [0.717, 1.165) is 28.1 Å². The lowest BCUT2D eigenvalue weighted by Gasteiger charge is -2.21. The summed E-state index contributed by atoms with van der Waals surface area (Å²) in [4.78, 5) is 4.59. The number of nitrogens with zero attached hydrogens (tertiary/aromatic N) is 6. The average molecular weight is 403 g/mol. The van der Waals surface area contributed by atoms with E-state index in [0.29, 0.717) is 24.9 Å². The number of aromatic amines is 1. The van der Waals surface area contributed by atoms with Gasteiger partial charge in [0.05, 0.1) is 12.1 Å². The summed E-state index contributed by atoms with van der Waals surface area (Å²) in [7, 11) is 0. The van der Waals surface area contributed by atoms with Gasteiger partial charge in [-0.15, -0.1) is 10.2 Å². The zero-order valence-electron chi connectivity index (χ0n) is 17.6. The van der Waals surface area contributed by atoms with E-state index in [1.807, 2.05) is 29.8 Å². The zero-order valence-corrected chi connectivity index (χ0v) is 17.6. The highest BCUT2D eigenvalue weighted by Gasteiger charge is 2.22. The van der Waals surface area contributed by atoms with Crippen LogP contribution in [0.3, 0.4) is 0 Å². The predicted octanol–water partition coefficient (Wildman–Crippen LogP) is 3.87. The molecule has 0 aliphatic carbocycles. The van der Waals surface area contributed by atoms with Crippen LogP contribution >= 0.6 is 0 Å². The van der Waals surface area contributed by atoms with Gasteiger partial charge in [0.1, 0.15) is 5.82 Å². The number of benzene rings is 2. The Labute approximate surface area is 175 Å². The molecule has 8 heteroatoms. The first kappa shape index (κ1) is 19.8. The lowest BCUT2D eigenvalue weighted by atomic mass is 9.97. The van der Waals surface area contributed by atoms with Crippen LogP contribution in [0.1, 0.15) is 39.1 Å². The Bertz CT molecular complexity index is 1110. The van der Waals surface area contributed by atoms with E-state index >= 15 is 0 Å². The second kappa shape index (κ2) is 8.06. The van der Waals surface area contributed by atoms with Gasteiger partial charge in [-0.05, 0) is 54.8 Å². The summed E-state index contributed by atoms with van der Waals surface area (Å²) in [5, 5.41) is 18.8. The normalized spacial score (nSPS) is 11.6. The third-order valence-corrected chi connectivity index (χ3v) is 4.72. The van der Waals surface area contributed by atoms with Crippen molar-refractivity contribution in [3.63, 3.8) is 0 Å². The van der Waals surface area contributed by atoms with E-state index in [1.165, 1.54) is 0 Å². The van der Waals surface area contributed by atoms with Gasteiger partial charge in [-0.3, -0.25) is 0 Å². The number of hydrogen-bond acceptors (Lipinski definition) is 6. The molecule has 0 saturated carbocycles. The van der Waals surface area contributed by atoms with Gasteiger partial charge in [0.25, 0.3) is 0 Å². The first-order valence-electron chi connectivity index (χ1n) is 9.97. The first-order valence-corrected chi connectivity index (χ1v) is 9.97. The lowest BCUT2D eigenvalue weighted by molar-refractivity contribution is 0.293. The van der Waals surface area contributed by atoms with Crippen LogP contribution < -0.4 is 4.74 Å². The summed E-state index contributed by atoms with van der Waals surface area (Å²) in [5.74, 6) is 1.53. The van der Waals surface area contributed by atoms with Crippen LogP contribution in [0.15, 0.2) is 48.5 Å². The highest BCUT2D eigenvalue weighted by Crippen LogP contribution is 2.30. The van der Waals surface area contributed by atoms with Crippen LogP contribution in [-0.2, 0) is 12.0 Å². The molecule has 0 saturated heterocycles. The van der Waals surface area contributed by atoms with Gasteiger partial charge >= 0.3 is 6.01 Å². The number of ether oxygens (including phenoxy) is 1. The topological polar surface area (TPSA) is 94.4 Å². The van der Waals surface area contributed by atoms with E-state index in [-0.39, 0.29) is 5.54 Å². The number of rotatable bonds is 6. The van der Waals surface area contributed by atoms with E-state index in [2.05, 4.69) is 81.8 Å². The van der Waals surface area contributed by atoms with Crippen molar-refractivity contribution >= 4 is 0 Å². The van der Waals surface area contributed by atoms with Crippen molar-refractivity contribution in [2.24, 2.45) is 0 Å². The molecular weight excluding hydrogens is 378 g/mol. The molecule has 154 valence electrons. The fraction of sp³-hybridized carbons (Fsp3) is 0.318. The fourth-order valence-electron chi connectivity index (χ4n) is 3.36. The number of aromatic nitrogens is 7. The highest BCUT2D eigenvalue weighted by atomic mass is 16.5. The molecule has 1 N–H and O–H groups in total. The molecule has 4 rings (SSSR count). The molecule has 2 aromatic heterocycles. The van der Waals surface area contributed by atoms with Crippen molar-refractivity contribution in [2.45, 2.75) is 39.7 Å². The van der Waals surface area contributed by atoms with Crippen molar-refractivity contribution in [3.8, 4) is 28.5 Å². The lowest BCUT2D eigenvalue weighted by Crippen LogP contribution is -2.25. The maximum atomic E-state index is 5.52. The van der Waals surface area contributed by atoms with E-state index < -0.39 is 0 Å². The third kappa shape index (κ3) is 4.07. The predicted molar refractivity (Wildman–Crippen MR) is 114 cm³/mol. The van der Waals surface area contributed by atoms with E-state index in [4.69, 9.17) is 4.74 Å². The van der Waals surface area contributed by atoms with Crippen LogP contribution in [0.4, 0.5) is 0 Å². The Morgan fingerprint density at radius 2 is 1.73 bits per heavy atom. The molecule has 0 unspecified atom stereocenters. The summed E-state index contributed by atoms with van der Waals surface area (Å²) in [6.07, 6.45) is 0.672. The summed E-state index contributed by atoms with van der Waals surface area (Å²) in [6.45, 7) is 8.81. The standard InChI is InChI=1S/C22H25N7O/c1-5-30-21-23-19(29(26-21)22(2,3)4)14-15-10-12-16(13-11-15)17-8-6-7-9-18(17)20-24-27-28-25-20/h6-13H,5,14H2,1-4H3,(H,24,25,27,28). The van der Waals surface area contributed by atoms with Crippen molar-refractivity contribution in [2.75, 3.05) is 6.61 Å². The summed E-state index contributed by atoms with van der Waals surface area (Å²) in [5.41, 5.74) is 4.10. The van der Waals surface area contributed by atoms with Crippen molar-refractivity contribution < 1.29 is 4.74 Å². The monoisotopic (exact) mass is 403 g/mol. The van der Waals surface area contributed by atoms with Gasteiger partial charge in [0, 0.05) is 12.0 Å². The molecule has 2 aromatic carbocycles. The minimum atomic E-state index is -0.179. The second-order valence-electron chi connectivity index (χ2n) is 8.00. The maximum Gasteiger partial charge on any atom is 0.335 e. The molecule has 0 atom stereocenters. The molecule has 0 bridgehead atoms. The molecule has 2 heterocycles. The van der Waals surface area contributed by atoms with Crippen LogP contribution in [0.25, 0.3) is 22.5 Å². The molecule has 0 aliphatic heterocycles. The zero-order chi connectivity index (χ0) is 21.1. The molecule has 0 spiro atoms. The van der Waals surface area contributed by atoms with Crippen LogP contribution in [0.2, 0.25) is 0 Å². The summed E-state index contributed by atoms with van der Waals surface area (Å²) in [6, 6.07) is 16.9. The van der Waals surface area contributed by atoms with Crippen LogP contribution in [0, 0.1) is 0 Å². The van der Waals surface area contributed by atoms with Crippen molar-refractivity contribution in [1.82, 2.24) is 35.4 Å². The Morgan fingerprint density at radius 1 is 1.00 bits per heavy atom. The van der Waals surface area contributed by atoms with E-state index in [9.17, 15) is 0 Å². The largest absolute Gasteiger partial charge is 0.463 e. The number of hydrogen-bond donors (Lipinski definition) is 1. The van der Waals surface area contributed by atoms with Gasteiger partial charge in [0.2, 0.25) is 0 Å². The third-order valence-electron chi connectivity index (χ3n) is 4.72. The van der Waals surface area contributed by atoms with Gasteiger partial charge in [-0.1, -0.05) is 48.5 Å². The minimum absolute atomic E-state index is 0.179. The molecule has 0 fully saturated rings. The molecule has 0 aliphatic rings. The molecule has 0 radical (unpaired) electrons. The molecule has 30 heavy (non-hydrogen) atoms. The van der Waals surface area contributed by atoms with Gasteiger partial charge in [-0.2, -0.15) is 4.98 Å². The summed E-state index contributed by atoms with van der Waals surface area (Å²) >= 11 is 0. The Kier molecular flexibility index (Phi) is 5.31. The number of H-pyrrole nitrogens is 1. The van der Waals surface area contributed by atoms with Gasteiger partial charge in [-0.25, -0.2) is 9.78 Å².